The van der Waals surface area contributed by atoms with Crippen LogP contribution < -0.4 is 5.32 Å². The molecule has 29 heavy (non-hydrogen) atoms. The SMILES string of the molecule is CC1CCCC(c2ccncc2NC(=O)c2csc(-c3c(F)cccc3F)n2)O1. The van der Waals surface area contributed by atoms with Crippen LogP contribution in [0.5, 0.6) is 0 Å². The van der Waals surface area contributed by atoms with Gasteiger partial charge in [0.1, 0.15) is 22.3 Å². The van der Waals surface area contributed by atoms with Crippen LogP contribution in [0.3, 0.4) is 0 Å². The first-order valence-electron chi connectivity index (χ1n) is 9.33. The van der Waals surface area contributed by atoms with Crippen LogP contribution in [0.15, 0.2) is 42.0 Å². The number of amides is 1. The lowest BCUT2D eigenvalue weighted by molar-refractivity contribution is -0.0411. The standard InChI is InChI=1S/C21H19F2N3O2S/c1-12-4-2-7-18(28-12)13-8-9-24-10-16(13)25-20(27)17-11-29-21(26-17)19-14(22)5-3-6-15(19)23/h3,5-6,8-12,18H,2,4,7H2,1H3,(H,25,27). The van der Waals surface area contributed by atoms with Crippen molar-refractivity contribution in [3.05, 3.63) is 64.9 Å². The number of halogens is 2. The molecule has 1 aromatic carbocycles. The van der Waals surface area contributed by atoms with Crippen molar-refractivity contribution in [3.63, 3.8) is 0 Å². The Kier molecular flexibility index (Phi) is 5.64. The van der Waals surface area contributed by atoms with Crippen LogP contribution in [-0.4, -0.2) is 22.0 Å². The van der Waals surface area contributed by atoms with Crippen molar-refractivity contribution in [3.8, 4) is 10.6 Å². The summed E-state index contributed by atoms with van der Waals surface area (Å²) in [5, 5.41) is 4.40. The molecule has 3 aromatic rings. The quantitative estimate of drug-likeness (QED) is 0.623. The van der Waals surface area contributed by atoms with E-state index in [1.807, 2.05) is 13.0 Å². The summed E-state index contributed by atoms with van der Waals surface area (Å²) in [6.45, 7) is 2.03. The van der Waals surface area contributed by atoms with E-state index in [1.165, 1.54) is 11.4 Å². The zero-order valence-electron chi connectivity index (χ0n) is 15.7. The number of aromatic nitrogens is 2. The van der Waals surface area contributed by atoms with Crippen molar-refractivity contribution in [2.45, 2.75) is 38.4 Å². The Bertz CT molecular complexity index is 1020. The number of ether oxygens (including phenoxy) is 1. The Hall–Kier alpha value is -2.71. The molecular formula is C21H19F2N3O2S. The summed E-state index contributed by atoms with van der Waals surface area (Å²) in [6.07, 6.45) is 6.19. The number of pyridine rings is 1. The molecule has 1 saturated heterocycles. The van der Waals surface area contributed by atoms with Crippen molar-refractivity contribution >= 4 is 22.9 Å². The van der Waals surface area contributed by atoms with Crippen molar-refractivity contribution < 1.29 is 18.3 Å². The molecule has 2 unspecified atom stereocenters. The molecule has 2 aromatic heterocycles. The first-order chi connectivity index (χ1) is 14.0. The summed E-state index contributed by atoms with van der Waals surface area (Å²) >= 11 is 1.01. The average Bonchev–Trinajstić information content (AvgIpc) is 3.18. The van der Waals surface area contributed by atoms with E-state index in [0.29, 0.717) is 5.69 Å². The zero-order chi connectivity index (χ0) is 20.4. The number of hydrogen-bond acceptors (Lipinski definition) is 5. The third-order valence-electron chi connectivity index (χ3n) is 4.84. The van der Waals surface area contributed by atoms with E-state index in [-0.39, 0.29) is 28.5 Å². The first kappa shape index (κ1) is 19.6. The van der Waals surface area contributed by atoms with Gasteiger partial charge in [0.05, 0.1) is 29.7 Å². The lowest BCUT2D eigenvalue weighted by Crippen LogP contribution is -2.21. The molecule has 4 rings (SSSR count). The van der Waals surface area contributed by atoms with Gasteiger partial charge in [-0.3, -0.25) is 9.78 Å². The van der Waals surface area contributed by atoms with E-state index in [1.54, 1.807) is 12.4 Å². The number of benzene rings is 1. The minimum absolute atomic E-state index is 0.0837. The highest BCUT2D eigenvalue weighted by Crippen LogP contribution is 2.35. The topological polar surface area (TPSA) is 64.1 Å². The number of rotatable bonds is 4. The van der Waals surface area contributed by atoms with Gasteiger partial charge in [0.2, 0.25) is 0 Å². The predicted octanol–water partition coefficient (Wildman–Crippen LogP) is 5.37. The number of thiazole rings is 1. The van der Waals surface area contributed by atoms with E-state index in [9.17, 15) is 13.6 Å². The van der Waals surface area contributed by atoms with Crippen LogP contribution >= 0.6 is 11.3 Å². The minimum Gasteiger partial charge on any atom is -0.371 e. The highest BCUT2D eigenvalue weighted by atomic mass is 32.1. The van der Waals surface area contributed by atoms with Crippen molar-refractivity contribution in [2.75, 3.05) is 5.32 Å². The number of nitrogens with zero attached hydrogens (tertiary/aromatic N) is 2. The number of hydrogen-bond donors (Lipinski definition) is 1. The molecule has 0 aliphatic carbocycles. The summed E-state index contributed by atoms with van der Waals surface area (Å²) in [6, 6.07) is 5.44. The lowest BCUT2D eigenvalue weighted by atomic mass is 9.98. The minimum atomic E-state index is -0.718. The van der Waals surface area contributed by atoms with Gasteiger partial charge in [-0.1, -0.05) is 6.07 Å². The molecule has 0 bridgehead atoms. The Morgan fingerprint density at radius 1 is 1.24 bits per heavy atom. The van der Waals surface area contributed by atoms with Crippen LogP contribution in [0.25, 0.3) is 10.6 Å². The van der Waals surface area contributed by atoms with Gasteiger partial charge in [0.25, 0.3) is 5.91 Å². The molecular weight excluding hydrogens is 396 g/mol. The maximum Gasteiger partial charge on any atom is 0.275 e. The third kappa shape index (κ3) is 4.18. The smallest absolute Gasteiger partial charge is 0.275 e. The van der Waals surface area contributed by atoms with Gasteiger partial charge in [-0.25, -0.2) is 13.8 Å². The Morgan fingerprint density at radius 3 is 2.79 bits per heavy atom. The Balaban J connectivity index is 1.56. The highest BCUT2D eigenvalue weighted by Gasteiger charge is 2.24. The van der Waals surface area contributed by atoms with Crippen molar-refractivity contribution in [1.82, 2.24) is 9.97 Å². The predicted molar refractivity (Wildman–Crippen MR) is 107 cm³/mol. The molecule has 0 radical (unpaired) electrons. The molecule has 0 saturated carbocycles. The fraction of sp³-hybridized carbons (Fsp3) is 0.286. The van der Waals surface area contributed by atoms with E-state index in [4.69, 9.17) is 4.74 Å². The van der Waals surface area contributed by atoms with E-state index in [0.717, 1.165) is 48.3 Å². The molecule has 8 heteroatoms. The van der Waals surface area contributed by atoms with Gasteiger partial charge in [0, 0.05) is 17.1 Å². The third-order valence-corrected chi connectivity index (χ3v) is 5.70. The monoisotopic (exact) mass is 415 g/mol. The van der Waals surface area contributed by atoms with Crippen molar-refractivity contribution in [2.24, 2.45) is 0 Å². The second-order valence-electron chi connectivity index (χ2n) is 6.92. The number of anilines is 1. The van der Waals surface area contributed by atoms with E-state index >= 15 is 0 Å². The Labute approximate surface area is 170 Å². The summed E-state index contributed by atoms with van der Waals surface area (Å²) in [7, 11) is 0. The molecule has 1 aliphatic heterocycles. The van der Waals surface area contributed by atoms with Crippen LogP contribution in [0.1, 0.15) is 48.3 Å². The zero-order valence-corrected chi connectivity index (χ0v) is 16.5. The number of carbonyl (C=O) groups is 1. The van der Waals surface area contributed by atoms with E-state index in [2.05, 4.69) is 15.3 Å². The van der Waals surface area contributed by atoms with Gasteiger partial charge < -0.3 is 10.1 Å². The van der Waals surface area contributed by atoms with Gasteiger partial charge in [-0.2, -0.15) is 0 Å². The van der Waals surface area contributed by atoms with Gasteiger partial charge in [-0.05, 0) is 44.4 Å². The fourth-order valence-corrected chi connectivity index (χ4v) is 4.25. The molecule has 1 fully saturated rings. The summed E-state index contributed by atoms with van der Waals surface area (Å²) in [5.41, 5.74) is 1.25. The molecule has 1 aliphatic rings. The average molecular weight is 415 g/mol. The second-order valence-corrected chi connectivity index (χ2v) is 7.78. The molecule has 5 nitrogen and oxygen atoms in total. The number of nitrogens with one attached hydrogen (secondary N) is 1. The van der Waals surface area contributed by atoms with Crippen LogP contribution in [0.4, 0.5) is 14.5 Å². The maximum atomic E-state index is 14.0. The fourth-order valence-electron chi connectivity index (χ4n) is 3.41. The molecule has 1 amide bonds. The van der Waals surface area contributed by atoms with Gasteiger partial charge >= 0.3 is 0 Å². The van der Waals surface area contributed by atoms with Crippen LogP contribution in [-0.2, 0) is 4.74 Å². The number of carbonyl (C=O) groups excluding carboxylic acids is 1. The van der Waals surface area contributed by atoms with Gasteiger partial charge in [-0.15, -0.1) is 11.3 Å². The maximum absolute atomic E-state index is 14.0. The summed E-state index contributed by atoms with van der Waals surface area (Å²) in [5.74, 6) is -1.91. The summed E-state index contributed by atoms with van der Waals surface area (Å²) in [4.78, 5) is 20.9. The van der Waals surface area contributed by atoms with Crippen LogP contribution in [0, 0.1) is 11.6 Å². The van der Waals surface area contributed by atoms with Gasteiger partial charge in [0.15, 0.2) is 0 Å². The highest BCUT2D eigenvalue weighted by molar-refractivity contribution is 7.13. The molecule has 150 valence electrons. The molecule has 2 atom stereocenters. The molecule has 0 spiro atoms. The molecule has 1 N–H and O–H groups in total. The first-order valence-corrected chi connectivity index (χ1v) is 10.2. The van der Waals surface area contributed by atoms with Crippen LogP contribution in [0.2, 0.25) is 0 Å². The Morgan fingerprint density at radius 2 is 2.03 bits per heavy atom. The largest absolute Gasteiger partial charge is 0.371 e. The lowest BCUT2D eigenvalue weighted by Gasteiger charge is -2.29. The normalized spacial score (nSPS) is 19.1. The summed E-state index contributed by atoms with van der Waals surface area (Å²) < 4.78 is 34.0. The molecule has 3 heterocycles. The van der Waals surface area contributed by atoms with Crippen molar-refractivity contribution in [1.29, 1.82) is 0 Å². The van der Waals surface area contributed by atoms with E-state index < -0.39 is 17.5 Å². The second kappa shape index (κ2) is 8.34.